The van der Waals surface area contributed by atoms with Gasteiger partial charge < -0.3 is 4.74 Å². The molecule has 1 N–H and O–H groups in total. The molecule has 1 atom stereocenters. The summed E-state index contributed by atoms with van der Waals surface area (Å²) in [7, 11) is -2.44. The lowest BCUT2D eigenvalue weighted by molar-refractivity contribution is -0.152. The highest BCUT2D eigenvalue weighted by Gasteiger charge is 2.41. The van der Waals surface area contributed by atoms with Crippen molar-refractivity contribution in [2.24, 2.45) is 5.41 Å². The minimum atomic E-state index is -3.73. The lowest BCUT2D eigenvalue weighted by atomic mass is 9.81. The van der Waals surface area contributed by atoms with Gasteiger partial charge in [-0.25, -0.2) is 13.1 Å². The molecule has 2 aromatic rings. The van der Waals surface area contributed by atoms with Gasteiger partial charge in [-0.1, -0.05) is 36.4 Å². The van der Waals surface area contributed by atoms with Crippen molar-refractivity contribution >= 4 is 27.3 Å². The smallest absolute Gasteiger partial charge is 0.313 e. The summed E-state index contributed by atoms with van der Waals surface area (Å²) in [6.07, 6.45) is 0. The second-order valence-electron chi connectivity index (χ2n) is 5.61. The highest BCUT2D eigenvalue weighted by Crippen LogP contribution is 2.36. The van der Waals surface area contributed by atoms with E-state index in [0.29, 0.717) is 5.56 Å². The molecule has 0 radical (unpaired) electrons. The summed E-state index contributed by atoms with van der Waals surface area (Å²) in [5, 5.41) is 1.69. The van der Waals surface area contributed by atoms with E-state index in [9.17, 15) is 13.2 Å². The van der Waals surface area contributed by atoms with Crippen LogP contribution >= 0.6 is 11.3 Å². The molecule has 0 amide bonds. The van der Waals surface area contributed by atoms with Crippen LogP contribution in [0.15, 0.2) is 52.1 Å². The van der Waals surface area contributed by atoms with Crippen LogP contribution < -0.4 is 4.72 Å². The van der Waals surface area contributed by atoms with Crippen molar-refractivity contribution in [3.63, 3.8) is 0 Å². The van der Waals surface area contributed by atoms with Crippen LogP contribution in [0.4, 0.5) is 0 Å². The molecule has 1 aromatic carbocycles. The summed E-state index contributed by atoms with van der Waals surface area (Å²) in [6, 6.07) is 11.5. The highest BCUT2D eigenvalue weighted by atomic mass is 32.2. The third-order valence-electron chi connectivity index (χ3n) is 3.60. The molecule has 5 nitrogen and oxygen atoms in total. The second kappa shape index (κ2) is 6.82. The number of benzene rings is 1. The minimum Gasteiger partial charge on any atom is -0.469 e. The van der Waals surface area contributed by atoms with Crippen molar-refractivity contribution < 1.29 is 17.9 Å². The molecule has 7 heteroatoms. The fourth-order valence-corrected chi connectivity index (χ4v) is 4.67. The van der Waals surface area contributed by atoms with E-state index in [0.717, 1.165) is 11.3 Å². The number of hydrogen-bond donors (Lipinski definition) is 1. The molecule has 0 aliphatic carbocycles. The molecule has 124 valence electrons. The monoisotopic (exact) mass is 353 g/mol. The molecule has 0 fully saturated rings. The molecular weight excluding hydrogens is 334 g/mol. The zero-order valence-electron chi connectivity index (χ0n) is 13.1. The largest absolute Gasteiger partial charge is 0.469 e. The van der Waals surface area contributed by atoms with E-state index in [1.54, 1.807) is 49.6 Å². The predicted molar refractivity (Wildman–Crippen MR) is 89.6 cm³/mol. The average Bonchev–Trinajstić information content (AvgIpc) is 3.08. The van der Waals surface area contributed by atoms with Crippen molar-refractivity contribution in [3.05, 3.63) is 53.4 Å². The number of hydrogen-bond acceptors (Lipinski definition) is 5. The van der Waals surface area contributed by atoms with Gasteiger partial charge in [-0.2, -0.15) is 0 Å². The van der Waals surface area contributed by atoms with Crippen molar-refractivity contribution in [2.45, 2.75) is 24.1 Å². The van der Waals surface area contributed by atoms with E-state index in [1.807, 2.05) is 6.07 Å². The molecule has 1 aromatic heterocycles. The molecule has 0 saturated heterocycles. The molecule has 0 saturated carbocycles. The van der Waals surface area contributed by atoms with Crippen LogP contribution in [0.1, 0.15) is 25.5 Å². The van der Waals surface area contributed by atoms with E-state index < -0.39 is 27.4 Å². The third kappa shape index (κ3) is 3.80. The molecule has 1 unspecified atom stereocenters. The molecular formula is C16H19NO4S2. The van der Waals surface area contributed by atoms with Crippen molar-refractivity contribution in [1.29, 1.82) is 0 Å². The first-order valence-electron chi connectivity index (χ1n) is 6.98. The standard InChI is InChI=1S/C16H19NO4S2/c1-16(2,15(18)21-3)14(12-8-5-4-6-9-12)17-23(19,20)13-10-7-11-22-13/h4-11,14,17H,1-3H3. The van der Waals surface area contributed by atoms with Gasteiger partial charge in [-0.3, -0.25) is 4.79 Å². The van der Waals surface area contributed by atoms with Crippen LogP contribution in [-0.2, 0) is 19.6 Å². The molecule has 23 heavy (non-hydrogen) atoms. The number of rotatable bonds is 6. The Labute approximate surface area is 140 Å². The molecule has 0 aliphatic rings. The van der Waals surface area contributed by atoms with E-state index in [2.05, 4.69) is 4.72 Å². The van der Waals surface area contributed by atoms with Gasteiger partial charge in [-0.05, 0) is 30.9 Å². The first kappa shape index (κ1) is 17.7. The highest BCUT2D eigenvalue weighted by molar-refractivity contribution is 7.91. The summed E-state index contributed by atoms with van der Waals surface area (Å²) >= 11 is 1.13. The van der Waals surface area contributed by atoms with Gasteiger partial charge in [0.05, 0.1) is 18.6 Å². The number of sulfonamides is 1. The normalized spacial score (nSPS) is 13.5. The van der Waals surface area contributed by atoms with E-state index in [-0.39, 0.29) is 4.21 Å². The second-order valence-corrected chi connectivity index (χ2v) is 8.50. The minimum absolute atomic E-state index is 0.207. The van der Waals surface area contributed by atoms with Gasteiger partial charge in [-0.15, -0.1) is 11.3 Å². The average molecular weight is 353 g/mol. The zero-order chi connectivity index (χ0) is 17.1. The van der Waals surface area contributed by atoms with Crippen LogP contribution in [0.25, 0.3) is 0 Å². The topological polar surface area (TPSA) is 72.5 Å². The van der Waals surface area contributed by atoms with Crippen LogP contribution in [-0.4, -0.2) is 21.5 Å². The Balaban J connectivity index is 2.45. The van der Waals surface area contributed by atoms with Crippen LogP contribution in [0.5, 0.6) is 0 Å². The maximum Gasteiger partial charge on any atom is 0.313 e. The molecule has 2 rings (SSSR count). The SMILES string of the molecule is COC(=O)C(C)(C)C(NS(=O)(=O)c1cccs1)c1ccccc1. The Kier molecular flexibility index (Phi) is 5.23. The number of methoxy groups -OCH3 is 1. The third-order valence-corrected chi connectivity index (χ3v) is 6.42. The summed E-state index contributed by atoms with van der Waals surface area (Å²) in [5.74, 6) is -0.486. The summed E-state index contributed by atoms with van der Waals surface area (Å²) in [5.41, 5.74) is -0.372. The fourth-order valence-electron chi connectivity index (χ4n) is 2.29. The Morgan fingerprint density at radius 1 is 1.17 bits per heavy atom. The molecule has 1 heterocycles. The number of carbonyl (C=O) groups is 1. The summed E-state index contributed by atoms with van der Waals surface area (Å²) in [4.78, 5) is 12.2. The van der Waals surface area contributed by atoms with E-state index in [4.69, 9.17) is 4.74 Å². The number of thiophene rings is 1. The number of carbonyl (C=O) groups excluding carboxylic acids is 1. The maximum absolute atomic E-state index is 12.6. The van der Waals surface area contributed by atoms with Gasteiger partial charge in [0.2, 0.25) is 0 Å². The maximum atomic E-state index is 12.6. The first-order valence-corrected chi connectivity index (χ1v) is 9.34. The Bertz CT molecular complexity index is 753. The summed E-state index contributed by atoms with van der Waals surface area (Å²) < 4.78 is 32.9. The van der Waals surface area contributed by atoms with Crippen molar-refractivity contribution in [2.75, 3.05) is 7.11 Å². The Morgan fingerprint density at radius 2 is 1.83 bits per heavy atom. The van der Waals surface area contributed by atoms with Gasteiger partial charge >= 0.3 is 5.97 Å². The van der Waals surface area contributed by atoms with Crippen molar-refractivity contribution in [3.8, 4) is 0 Å². The van der Waals surface area contributed by atoms with Gasteiger partial charge in [0.25, 0.3) is 10.0 Å². The Hall–Kier alpha value is -1.70. The van der Waals surface area contributed by atoms with Crippen molar-refractivity contribution in [1.82, 2.24) is 4.72 Å². The van der Waals surface area contributed by atoms with Gasteiger partial charge in [0, 0.05) is 0 Å². The lowest BCUT2D eigenvalue weighted by Gasteiger charge is -2.32. The first-order chi connectivity index (χ1) is 10.8. The number of esters is 1. The lowest BCUT2D eigenvalue weighted by Crippen LogP contribution is -2.42. The summed E-state index contributed by atoms with van der Waals surface area (Å²) in [6.45, 7) is 3.32. The van der Waals surface area contributed by atoms with Crippen LogP contribution in [0.3, 0.4) is 0 Å². The van der Waals surface area contributed by atoms with E-state index >= 15 is 0 Å². The van der Waals surface area contributed by atoms with Gasteiger partial charge in [0.15, 0.2) is 0 Å². The fraction of sp³-hybridized carbons (Fsp3) is 0.312. The Morgan fingerprint density at radius 3 is 2.35 bits per heavy atom. The molecule has 0 bridgehead atoms. The molecule has 0 aliphatic heterocycles. The van der Waals surface area contributed by atoms with E-state index in [1.165, 1.54) is 13.2 Å². The van der Waals surface area contributed by atoms with Crippen LogP contribution in [0, 0.1) is 5.41 Å². The quantitative estimate of drug-likeness (QED) is 0.811. The van der Waals surface area contributed by atoms with Crippen LogP contribution in [0.2, 0.25) is 0 Å². The zero-order valence-corrected chi connectivity index (χ0v) is 14.8. The number of ether oxygens (including phenoxy) is 1. The predicted octanol–water partition coefficient (Wildman–Crippen LogP) is 2.97. The van der Waals surface area contributed by atoms with Gasteiger partial charge in [0.1, 0.15) is 4.21 Å². The number of nitrogens with one attached hydrogen (secondary N) is 1. The molecule has 0 spiro atoms.